The molecule has 9 rings (SSSR count). The molecular weight excluding hydrogens is 775 g/mol. The minimum absolute atomic E-state index is 0.0803. The van der Waals surface area contributed by atoms with Gasteiger partial charge in [-0.1, -0.05) is 49.1 Å². The fourth-order valence-electron chi connectivity index (χ4n) is 14.4. The molecule has 4 fully saturated rings. The number of benzene rings is 1. The first-order valence-electron chi connectivity index (χ1n) is 22.0. The highest BCUT2D eigenvalue weighted by Gasteiger charge is 2.81. The standard InChI is InChI=1S/C47H59BN4O9/c1-8-43(56)22-29-23-46(41(54)59-6,37-30(13-17-51(25-29)26-43)31-19-28(24-49)11-12-34(31)48-37)33-20-32-35(21-36(33)58-5)50(4)39-45(32)15-18-52-16-10-14-44(9-2,38(45)52)40(61-27(3)53)47(39,57)42(55)60-7/h10-12,14,19-21,29,33,36,38-40,48,56-57H,8-9,13,15-18,22-23,25-26H2,1-7H3/t29-,33?,36?,38+,39-,40-,43+,44-,45-,46+,47+/m1/s1. The molecule has 324 valence electrons. The zero-order valence-electron chi connectivity index (χ0n) is 36.5. The van der Waals surface area contributed by atoms with E-state index in [2.05, 4.69) is 40.2 Å². The number of piperidine rings is 1. The number of nitriles is 1. The number of allylic oxidation sites excluding steroid dienone is 1. The first kappa shape index (κ1) is 42.1. The summed E-state index contributed by atoms with van der Waals surface area (Å²) in [5, 5.41) is 35.5. The second kappa shape index (κ2) is 14.7. The summed E-state index contributed by atoms with van der Waals surface area (Å²) in [6.07, 6.45) is 9.61. The van der Waals surface area contributed by atoms with E-state index in [0.717, 1.165) is 33.3 Å². The molecule has 1 spiro atoms. The van der Waals surface area contributed by atoms with E-state index in [1.807, 2.05) is 44.0 Å². The van der Waals surface area contributed by atoms with Crippen LogP contribution in [0.15, 0.2) is 59.2 Å². The summed E-state index contributed by atoms with van der Waals surface area (Å²) in [7, 11) is 6.72. The highest BCUT2D eigenvalue weighted by Crippen LogP contribution is 2.70. The molecular formula is C47H59BN4O9. The van der Waals surface area contributed by atoms with Crippen LogP contribution in [0.3, 0.4) is 0 Å². The van der Waals surface area contributed by atoms with Crippen LogP contribution in [0, 0.1) is 39.4 Å². The summed E-state index contributed by atoms with van der Waals surface area (Å²) >= 11 is 0. The van der Waals surface area contributed by atoms with E-state index >= 15 is 4.79 Å². The molecule has 3 unspecified atom stereocenters. The van der Waals surface area contributed by atoms with E-state index in [9.17, 15) is 25.1 Å². The number of hydrogen-bond acceptors (Lipinski definition) is 13. The number of methoxy groups -OCH3 is 3. The zero-order chi connectivity index (χ0) is 43.4. The maximum absolute atomic E-state index is 15.5. The lowest BCUT2D eigenvalue weighted by Gasteiger charge is -2.63. The van der Waals surface area contributed by atoms with Crippen LogP contribution in [0.2, 0.25) is 0 Å². The number of carbonyl (C=O) groups excluding carboxylic acids is 3. The molecule has 12 atom stereocenters. The Kier molecular flexibility index (Phi) is 10.1. The van der Waals surface area contributed by atoms with Crippen LogP contribution in [0.5, 0.6) is 0 Å². The number of likely N-dealkylation sites (N-methyl/N-ethyl adjacent to an activating group) is 1. The minimum atomic E-state index is -2.30. The Morgan fingerprint density at radius 3 is 2.46 bits per heavy atom. The first-order chi connectivity index (χ1) is 29.2. The zero-order valence-corrected chi connectivity index (χ0v) is 36.5. The molecule has 2 aliphatic carbocycles. The maximum Gasteiger partial charge on any atom is 0.344 e. The number of aliphatic hydroxyl groups is 2. The summed E-state index contributed by atoms with van der Waals surface area (Å²) in [6.45, 7) is 8.58. The predicted octanol–water partition coefficient (Wildman–Crippen LogP) is 2.41. The van der Waals surface area contributed by atoms with Crippen LogP contribution >= 0.6 is 0 Å². The number of hydrogen-bond donors (Lipinski definition) is 2. The van der Waals surface area contributed by atoms with Gasteiger partial charge in [0.2, 0.25) is 5.60 Å². The van der Waals surface area contributed by atoms with Gasteiger partial charge in [0.1, 0.15) is 0 Å². The normalized spacial score (nSPS) is 40.6. The first-order valence-corrected chi connectivity index (χ1v) is 22.0. The third-order valence-corrected chi connectivity index (χ3v) is 16.6. The average molecular weight is 835 g/mol. The lowest BCUT2D eigenvalue weighted by molar-refractivity contribution is -0.243. The molecule has 8 aliphatic rings. The number of ether oxygens (including phenoxy) is 4. The second-order valence-electron chi connectivity index (χ2n) is 19.2. The topological polar surface area (TPSA) is 162 Å². The van der Waals surface area contributed by atoms with Gasteiger partial charge in [0.25, 0.3) is 0 Å². The molecule has 3 saturated heterocycles. The maximum atomic E-state index is 15.5. The van der Waals surface area contributed by atoms with Crippen molar-refractivity contribution in [1.82, 2.24) is 14.7 Å². The molecule has 0 amide bonds. The Hall–Kier alpha value is -4.26. The number of esters is 3. The van der Waals surface area contributed by atoms with E-state index < -0.39 is 63.6 Å². The quantitative estimate of drug-likeness (QED) is 0.179. The van der Waals surface area contributed by atoms with E-state index in [1.54, 1.807) is 7.11 Å². The smallest absolute Gasteiger partial charge is 0.344 e. The molecule has 2 N–H and O–H groups in total. The van der Waals surface area contributed by atoms with Gasteiger partial charge in [-0.15, -0.1) is 0 Å². The van der Waals surface area contributed by atoms with Gasteiger partial charge in [-0.25, -0.2) is 4.79 Å². The van der Waals surface area contributed by atoms with Crippen molar-refractivity contribution in [3.8, 4) is 6.07 Å². The fraction of sp³-hybridized carbons (Fsp3) is 0.617. The van der Waals surface area contributed by atoms with Crippen molar-refractivity contribution in [2.24, 2.45) is 28.1 Å². The van der Waals surface area contributed by atoms with Crippen LogP contribution in [0.25, 0.3) is 5.57 Å². The van der Waals surface area contributed by atoms with E-state index in [0.29, 0.717) is 84.1 Å². The Morgan fingerprint density at radius 1 is 1.02 bits per heavy atom. The van der Waals surface area contributed by atoms with Crippen molar-refractivity contribution in [3.05, 3.63) is 70.4 Å². The predicted molar refractivity (Wildman–Crippen MR) is 227 cm³/mol. The summed E-state index contributed by atoms with van der Waals surface area (Å²) in [4.78, 5) is 49.7. The van der Waals surface area contributed by atoms with Crippen LogP contribution in [0.1, 0.15) is 70.4 Å². The summed E-state index contributed by atoms with van der Waals surface area (Å²) < 4.78 is 24.2. The van der Waals surface area contributed by atoms with Crippen LogP contribution in [-0.4, -0.2) is 147 Å². The number of rotatable bonds is 7. The number of fused-ring (bicyclic) bond motifs is 5. The summed E-state index contributed by atoms with van der Waals surface area (Å²) in [5.41, 5.74) is -0.131. The van der Waals surface area contributed by atoms with Crippen molar-refractivity contribution < 1.29 is 43.5 Å². The Morgan fingerprint density at radius 2 is 1.79 bits per heavy atom. The molecule has 2 bridgehead atoms. The Balaban J connectivity index is 1.32. The molecule has 1 saturated carbocycles. The van der Waals surface area contributed by atoms with Gasteiger partial charge in [0, 0.05) is 75.7 Å². The molecule has 1 aromatic carbocycles. The molecule has 6 heterocycles. The molecule has 0 aromatic heterocycles. The van der Waals surface area contributed by atoms with Gasteiger partial charge < -0.3 is 34.1 Å². The van der Waals surface area contributed by atoms with Crippen LogP contribution < -0.4 is 5.46 Å². The molecule has 6 aliphatic heterocycles. The van der Waals surface area contributed by atoms with Gasteiger partial charge in [0.15, 0.2) is 13.4 Å². The molecule has 13 nitrogen and oxygen atoms in total. The van der Waals surface area contributed by atoms with Crippen LogP contribution in [0.4, 0.5) is 0 Å². The number of carbonyl (C=O) groups is 3. The third-order valence-electron chi connectivity index (χ3n) is 16.6. The molecule has 0 radical (unpaired) electrons. The van der Waals surface area contributed by atoms with Gasteiger partial charge in [-0.3, -0.25) is 19.4 Å². The highest BCUT2D eigenvalue weighted by atomic mass is 16.6. The Labute approximate surface area is 359 Å². The lowest BCUT2D eigenvalue weighted by atomic mass is 9.46. The third kappa shape index (κ3) is 5.59. The van der Waals surface area contributed by atoms with E-state index in [4.69, 9.17) is 18.9 Å². The lowest BCUT2D eigenvalue weighted by Crippen LogP contribution is -2.79. The van der Waals surface area contributed by atoms with Crippen LogP contribution in [-0.2, 0) is 33.3 Å². The molecule has 61 heavy (non-hydrogen) atoms. The van der Waals surface area contributed by atoms with Gasteiger partial charge in [-0.05, 0) is 85.9 Å². The van der Waals surface area contributed by atoms with E-state index in [1.165, 1.54) is 21.1 Å². The SMILES string of the molecule is CC[C@]1(O)C[C@H]2CN(CCC3=C(Bc4ccc(C#N)cc43)[C@@](C(=O)OC)(C3C=C4C(=CC3OC)N(C)[C@H]3[C@@](O)(C(=O)OC)[C@H](OC(C)=O)[C@]5(CC)C=CCN6CC[C@]43[C@@H]65)C2)C1. The second-order valence-corrected chi connectivity index (χ2v) is 19.2. The highest BCUT2D eigenvalue weighted by molar-refractivity contribution is 6.67. The molecule has 14 heteroatoms. The van der Waals surface area contributed by atoms with Crippen molar-refractivity contribution in [3.63, 3.8) is 0 Å². The van der Waals surface area contributed by atoms with Crippen molar-refractivity contribution in [2.75, 3.05) is 61.1 Å². The fourth-order valence-corrected chi connectivity index (χ4v) is 14.4. The summed E-state index contributed by atoms with van der Waals surface area (Å²) in [6, 6.07) is 6.91. The van der Waals surface area contributed by atoms with Gasteiger partial charge in [-0.2, -0.15) is 5.26 Å². The van der Waals surface area contributed by atoms with Crippen molar-refractivity contribution >= 4 is 36.2 Å². The largest absolute Gasteiger partial charge is 0.468 e. The number of likely N-dealkylation sites (tertiary alicyclic amines) is 1. The van der Waals surface area contributed by atoms with Crippen molar-refractivity contribution in [1.29, 1.82) is 5.26 Å². The number of nitrogens with zero attached hydrogens (tertiary/aromatic N) is 4. The van der Waals surface area contributed by atoms with E-state index in [-0.39, 0.29) is 17.9 Å². The average Bonchev–Trinajstić information content (AvgIpc) is 3.92. The monoisotopic (exact) mass is 834 g/mol. The molecule has 1 aromatic rings. The summed E-state index contributed by atoms with van der Waals surface area (Å²) in [5.74, 6) is -2.56. The van der Waals surface area contributed by atoms with Crippen molar-refractivity contribution in [2.45, 2.75) is 94.8 Å². The van der Waals surface area contributed by atoms with Gasteiger partial charge >= 0.3 is 17.9 Å². The Bertz CT molecular complexity index is 2230. The van der Waals surface area contributed by atoms with Gasteiger partial charge in [0.05, 0.1) is 49.0 Å². The minimum Gasteiger partial charge on any atom is -0.468 e.